The van der Waals surface area contributed by atoms with Crippen LogP contribution in [0.15, 0.2) is 54.6 Å². The Bertz CT molecular complexity index is 1560. The average Bonchev–Trinajstić information content (AvgIpc) is 3.62. The number of nitrogens with zero attached hydrogens (tertiary/aromatic N) is 2. The predicted molar refractivity (Wildman–Crippen MR) is 163 cm³/mol. The highest BCUT2D eigenvalue weighted by molar-refractivity contribution is 7.15. The number of carboxylic acid groups (broad SMARTS) is 2. The van der Waals surface area contributed by atoms with Crippen LogP contribution in [-0.2, 0) is 22.6 Å². The molecule has 2 aliphatic heterocycles. The normalized spacial score (nSPS) is 17.6. The molecule has 2 aromatic carbocycles. The maximum Gasteiger partial charge on any atom is 0.490 e. The minimum atomic E-state index is -5.08. The number of alkyl halides is 3. The van der Waals surface area contributed by atoms with Crippen molar-refractivity contribution in [2.75, 3.05) is 29.4 Å². The van der Waals surface area contributed by atoms with Gasteiger partial charge in [-0.15, -0.1) is 11.3 Å². The summed E-state index contributed by atoms with van der Waals surface area (Å²) in [5, 5.41) is 16.2. The third kappa shape index (κ3) is 7.81. The van der Waals surface area contributed by atoms with Gasteiger partial charge < -0.3 is 26.6 Å². The standard InChI is InChI=1S/C16H16N2O3.C13H16N2OS.C2HF3O2/c17-10-12-5-4-6-13(9-12)16(21)18(11-15(19)20)14-7-2-1-3-8-14;14-13(16)12-11-10-8(2-1-3-9(10)17-12)7-4-5-15(11)6-7;3-2(4,5)1(6)7/h1-9H,10-11,17H2,(H,19,20);7-8H,1-6H2,(H2,14,16);(H,6,7). The Balaban J connectivity index is 0.000000172. The fourth-order valence-electron chi connectivity index (χ4n) is 5.96. The summed E-state index contributed by atoms with van der Waals surface area (Å²) in [6.07, 6.45) is -0.0429. The van der Waals surface area contributed by atoms with E-state index in [1.165, 1.54) is 40.3 Å². The second-order valence-electron chi connectivity index (χ2n) is 10.8. The lowest BCUT2D eigenvalue weighted by molar-refractivity contribution is -0.192. The largest absolute Gasteiger partial charge is 0.490 e. The van der Waals surface area contributed by atoms with Gasteiger partial charge in [-0.2, -0.15) is 13.2 Å². The topological polar surface area (TPSA) is 167 Å². The zero-order chi connectivity index (χ0) is 32.9. The van der Waals surface area contributed by atoms with E-state index in [0.29, 0.717) is 17.8 Å². The Hall–Kier alpha value is -4.43. The van der Waals surface area contributed by atoms with Crippen molar-refractivity contribution in [1.29, 1.82) is 0 Å². The minimum Gasteiger partial charge on any atom is -0.480 e. The molecule has 2 unspecified atom stereocenters. The number of aliphatic carboxylic acids is 2. The Labute approximate surface area is 261 Å². The fraction of sp³-hybridized carbons (Fsp3) is 0.355. The van der Waals surface area contributed by atoms with Crippen LogP contribution in [0.25, 0.3) is 0 Å². The van der Waals surface area contributed by atoms with Crippen LogP contribution in [0.2, 0.25) is 0 Å². The summed E-state index contributed by atoms with van der Waals surface area (Å²) in [6.45, 7) is 2.19. The van der Waals surface area contributed by atoms with Crippen molar-refractivity contribution in [2.45, 2.75) is 44.3 Å². The van der Waals surface area contributed by atoms with Crippen LogP contribution in [0, 0.1) is 5.92 Å². The molecule has 6 N–H and O–H groups in total. The van der Waals surface area contributed by atoms with Crippen molar-refractivity contribution in [3.63, 3.8) is 0 Å². The molecule has 6 rings (SSSR count). The van der Waals surface area contributed by atoms with Crippen molar-refractivity contribution < 1.29 is 42.6 Å². The molecule has 2 amide bonds. The molecule has 1 saturated heterocycles. The van der Waals surface area contributed by atoms with Crippen molar-refractivity contribution in [3.05, 3.63) is 81.0 Å². The Morgan fingerprint density at radius 3 is 2.31 bits per heavy atom. The number of benzene rings is 2. The van der Waals surface area contributed by atoms with E-state index in [1.54, 1.807) is 53.8 Å². The first-order chi connectivity index (χ1) is 21.3. The van der Waals surface area contributed by atoms with Crippen LogP contribution in [0.1, 0.15) is 61.2 Å². The number of fused-ring (bicyclic) bond motifs is 4. The van der Waals surface area contributed by atoms with Gasteiger partial charge in [0.2, 0.25) is 0 Å². The van der Waals surface area contributed by atoms with Gasteiger partial charge in [-0.25, -0.2) is 4.79 Å². The molecule has 14 heteroatoms. The van der Waals surface area contributed by atoms with Crippen LogP contribution in [-0.4, -0.2) is 59.8 Å². The highest BCUT2D eigenvalue weighted by Crippen LogP contribution is 2.54. The van der Waals surface area contributed by atoms with E-state index in [0.717, 1.165) is 41.8 Å². The number of hydrogen-bond donors (Lipinski definition) is 4. The molecule has 1 fully saturated rings. The molecule has 0 spiro atoms. The molecular formula is C31H33F3N4O6S. The first kappa shape index (κ1) is 33.5. The number of aryl methyl sites for hydroxylation is 1. The number of nitrogens with two attached hydrogens (primary N) is 2. The number of carbonyl (C=O) groups excluding carboxylic acids is 2. The minimum absolute atomic E-state index is 0.233. The maximum atomic E-state index is 12.6. The number of anilines is 2. The van der Waals surface area contributed by atoms with Crippen molar-refractivity contribution >= 4 is 46.5 Å². The summed E-state index contributed by atoms with van der Waals surface area (Å²) in [6, 6.07) is 15.6. The number of rotatable bonds is 6. The molecule has 3 aliphatic rings. The highest BCUT2D eigenvalue weighted by atomic mass is 32.1. The quantitative estimate of drug-likeness (QED) is 0.301. The van der Waals surface area contributed by atoms with E-state index in [2.05, 4.69) is 4.90 Å². The van der Waals surface area contributed by atoms with Crippen LogP contribution in [0.3, 0.4) is 0 Å². The Morgan fingerprint density at radius 1 is 1.02 bits per heavy atom. The molecule has 3 aromatic rings. The van der Waals surface area contributed by atoms with E-state index in [4.69, 9.17) is 26.5 Å². The maximum absolute atomic E-state index is 12.6. The van der Waals surface area contributed by atoms with E-state index < -0.39 is 24.7 Å². The molecule has 2 bridgehead atoms. The molecule has 3 heterocycles. The van der Waals surface area contributed by atoms with Gasteiger partial charge in [-0.1, -0.05) is 30.3 Å². The third-order valence-electron chi connectivity index (χ3n) is 7.88. The Kier molecular flexibility index (Phi) is 10.5. The van der Waals surface area contributed by atoms with Gasteiger partial charge in [0.05, 0.1) is 5.69 Å². The van der Waals surface area contributed by atoms with Gasteiger partial charge in [0, 0.05) is 35.8 Å². The predicted octanol–water partition coefficient (Wildman–Crippen LogP) is 4.62. The molecule has 10 nitrogen and oxygen atoms in total. The monoisotopic (exact) mass is 646 g/mol. The molecule has 240 valence electrons. The molecule has 1 aliphatic carbocycles. The summed E-state index contributed by atoms with van der Waals surface area (Å²) >= 11 is 1.66. The van der Waals surface area contributed by atoms with Gasteiger partial charge in [0.1, 0.15) is 11.4 Å². The van der Waals surface area contributed by atoms with E-state index in [-0.39, 0.29) is 11.8 Å². The summed E-state index contributed by atoms with van der Waals surface area (Å²) in [5.74, 6) is -2.87. The number of thiophene rings is 1. The lowest BCUT2D eigenvalue weighted by Crippen LogP contribution is -2.35. The second kappa shape index (κ2) is 14.1. The van der Waals surface area contributed by atoms with E-state index in [1.807, 2.05) is 12.1 Å². The van der Waals surface area contributed by atoms with Crippen molar-refractivity contribution in [3.8, 4) is 0 Å². The number of para-hydroxylation sites is 1. The van der Waals surface area contributed by atoms with Crippen molar-refractivity contribution in [2.24, 2.45) is 17.4 Å². The summed E-state index contributed by atoms with van der Waals surface area (Å²) in [4.78, 5) is 50.0. The number of primary amides is 1. The van der Waals surface area contributed by atoms with Crippen LogP contribution < -0.4 is 21.3 Å². The van der Waals surface area contributed by atoms with Gasteiger partial charge in [-0.3, -0.25) is 19.3 Å². The average molecular weight is 647 g/mol. The first-order valence-corrected chi connectivity index (χ1v) is 15.0. The molecule has 1 aromatic heterocycles. The van der Waals surface area contributed by atoms with Crippen LogP contribution in [0.5, 0.6) is 0 Å². The SMILES string of the molecule is NC(=O)c1sc2c3c1N1CCC(C1)C3CCC2.NCc1cccc(C(=O)N(CC(=O)O)c2ccccc2)c1.O=C(O)C(F)(F)F. The molecular weight excluding hydrogens is 613 g/mol. The van der Waals surface area contributed by atoms with Gasteiger partial charge in [0.15, 0.2) is 0 Å². The number of amides is 2. The first-order valence-electron chi connectivity index (χ1n) is 14.2. The van der Waals surface area contributed by atoms with Crippen LogP contribution >= 0.6 is 11.3 Å². The van der Waals surface area contributed by atoms with Gasteiger partial charge >= 0.3 is 18.1 Å². The summed E-state index contributed by atoms with van der Waals surface area (Å²) in [5.41, 5.74) is 15.6. The number of carbonyl (C=O) groups is 4. The van der Waals surface area contributed by atoms with Crippen molar-refractivity contribution in [1.82, 2.24) is 0 Å². The lowest BCUT2D eigenvalue weighted by Gasteiger charge is -2.35. The third-order valence-corrected chi connectivity index (χ3v) is 9.15. The van der Waals surface area contributed by atoms with E-state index in [9.17, 15) is 27.6 Å². The number of carboxylic acids is 2. The molecule has 2 atom stereocenters. The zero-order valence-electron chi connectivity index (χ0n) is 24.1. The second-order valence-corrected chi connectivity index (χ2v) is 11.9. The molecule has 0 saturated carbocycles. The molecule has 45 heavy (non-hydrogen) atoms. The van der Waals surface area contributed by atoms with Gasteiger partial charge in [0.25, 0.3) is 11.8 Å². The number of hydrogen-bond acceptors (Lipinski definition) is 7. The zero-order valence-corrected chi connectivity index (χ0v) is 24.9. The fourth-order valence-corrected chi connectivity index (χ4v) is 7.24. The summed E-state index contributed by atoms with van der Waals surface area (Å²) in [7, 11) is 0. The van der Waals surface area contributed by atoms with Crippen LogP contribution in [0.4, 0.5) is 24.5 Å². The Morgan fingerprint density at radius 2 is 1.71 bits per heavy atom. The van der Waals surface area contributed by atoms with Gasteiger partial charge in [-0.05, 0) is 72.9 Å². The lowest BCUT2D eigenvalue weighted by atomic mass is 9.76. The highest BCUT2D eigenvalue weighted by Gasteiger charge is 2.43. The smallest absolute Gasteiger partial charge is 0.480 e. The van der Waals surface area contributed by atoms with E-state index >= 15 is 0 Å². The summed E-state index contributed by atoms with van der Waals surface area (Å²) < 4.78 is 31.7. The number of halogens is 3. The molecule has 0 radical (unpaired) electrons.